The van der Waals surface area contributed by atoms with Gasteiger partial charge in [-0.15, -0.1) is 0 Å². The molecule has 0 aliphatic rings. The van der Waals surface area contributed by atoms with E-state index in [4.69, 9.17) is 5.73 Å². The summed E-state index contributed by atoms with van der Waals surface area (Å²) in [6.07, 6.45) is 3.67. The SMILES string of the molecule is C[C@@H](N)c1cccc2ccncc12. The molecule has 13 heavy (non-hydrogen) atoms. The maximum absolute atomic E-state index is 5.85. The number of benzene rings is 1. The molecule has 0 bridgehead atoms. The van der Waals surface area contributed by atoms with Crippen molar-refractivity contribution in [3.63, 3.8) is 0 Å². The van der Waals surface area contributed by atoms with E-state index in [1.807, 2.05) is 25.3 Å². The number of nitrogens with zero attached hydrogens (tertiary/aromatic N) is 1. The number of hydrogen-bond donors (Lipinski definition) is 1. The maximum Gasteiger partial charge on any atom is 0.0349 e. The first-order valence-electron chi connectivity index (χ1n) is 4.37. The molecule has 1 atom stereocenters. The Balaban J connectivity index is 2.76. The second-order valence-corrected chi connectivity index (χ2v) is 3.23. The summed E-state index contributed by atoms with van der Waals surface area (Å²) in [5, 5.41) is 2.35. The third-order valence-electron chi connectivity index (χ3n) is 2.21. The lowest BCUT2D eigenvalue weighted by Gasteiger charge is -2.08. The fourth-order valence-electron chi connectivity index (χ4n) is 1.53. The Morgan fingerprint density at radius 2 is 2.15 bits per heavy atom. The van der Waals surface area contributed by atoms with Crippen molar-refractivity contribution in [3.8, 4) is 0 Å². The minimum Gasteiger partial charge on any atom is -0.324 e. The lowest BCUT2D eigenvalue weighted by molar-refractivity contribution is 0.826. The standard InChI is InChI=1S/C11H12N2/c1-8(12)10-4-2-3-9-5-6-13-7-11(9)10/h2-8H,12H2,1H3/t8-/m1/s1. The van der Waals surface area contributed by atoms with Crippen LogP contribution in [0, 0.1) is 0 Å². The van der Waals surface area contributed by atoms with Crippen molar-refractivity contribution < 1.29 is 0 Å². The molecule has 2 rings (SSSR count). The van der Waals surface area contributed by atoms with E-state index >= 15 is 0 Å². The van der Waals surface area contributed by atoms with Gasteiger partial charge in [-0.1, -0.05) is 18.2 Å². The van der Waals surface area contributed by atoms with Crippen LogP contribution < -0.4 is 5.73 Å². The van der Waals surface area contributed by atoms with Gasteiger partial charge in [0.05, 0.1) is 0 Å². The lowest BCUT2D eigenvalue weighted by atomic mass is 10.0. The van der Waals surface area contributed by atoms with Crippen molar-refractivity contribution in [2.24, 2.45) is 5.73 Å². The van der Waals surface area contributed by atoms with E-state index in [1.165, 1.54) is 5.39 Å². The zero-order valence-corrected chi connectivity index (χ0v) is 7.57. The van der Waals surface area contributed by atoms with E-state index in [0.717, 1.165) is 10.9 Å². The van der Waals surface area contributed by atoms with E-state index in [9.17, 15) is 0 Å². The first-order chi connectivity index (χ1) is 6.29. The van der Waals surface area contributed by atoms with Crippen LogP contribution >= 0.6 is 0 Å². The van der Waals surface area contributed by atoms with Gasteiger partial charge in [0.2, 0.25) is 0 Å². The van der Waals surface area contributed by atoms with Crippen LogP contribution in [0.2, 0.25) is 0 Å². The Labute approximate surface area is 77.4 Å². The molecular weight excluding hydrogens is 160 g/mol. The van der Waals surface area contributed by atoms with Crippen molar-refractivity contribution >= 4 is 10.8 Å². The highest BCUT2D eigenvalue weighted by molar-refractivity contribution is 5.85. The Kier molecular flexibility index (Phi) is 1.99. The van der Waals surface area contributed by atoms with Crippen LogP contribution in [0.15, 0.2) is 36.7 Å². The topological polar surface area (TPSA) is 38.9 Å². The smallest absolute Gasteiger partial charge is 0.0349 e. The fraction of sp³-hybridized carbons (Fsp3) is 0.182. The predicted octanol–water partition coefficient (Wildman–Crippen LogP) is 2.25. The van der Waals surface area contributed by atoms with Gasteiger partial charge in [-0.05, 0) is 23.9 Å². The molecule has 0 aliphatic heterocycles. The highest BCUT2D eigenvalue weighted by Gasteiger charge is 2.03. The van der Waals surface area contributed by atoms with Crippen LogP contribution in [0.25, 0.3) is 10.8 Å². The first-order valence-corrected chi connectivity index (χ1v) is 4.37. The Morgan fingerprint density at radius 3 is 2.92 bits per heavy atom. The predicted molar refractivity (Wildman–Crippen MR) is 54.3 cm³/mol. The van der Waals surface area contributed by atoms with Crippen LogP contribution in [-0.2, 0) is 0 Å². The average Bonchev–Trinajstić information content (AvgIpc) is 2.17. The van der Waals surface area contributed by atoms with Gasteiger partial charge in [0, 0.05) is 23.8 Å². The summed E-state index contributed by atoms with van der Waals surface area (Å²) >= 11 is 0. The number of hydrogen-bond acceptors (Lipinski definition) is 2. The Bertz CT molecular complexity index is 416. The molecule has 0 spiro atoms. The van der Waals surface area contributed by atoms with Crippen LogP contribution in [0.4, 0.5) is 0 Å². The molecule has 0 unspecified atom stereocenters. The minimum absolute atomic E-state index is 0.0629. The summed E-state index contributed by atoms with van der Waals surface area (Å²) in [6.45, 7) is 1.99. The van der Waals surface area contributed by atoms with Gasteiger partial charge >= 0.3 is 0 Å². The quantitative estimate of drug-likeness (QED) is 0.716. The summed E-state index contributed by atoms with van der Waals surface area (Å²) in [6, 6.07) is 8.22. The molecule has 1 aromatic heterocycles. The fourth-order valence-corrected chi connectivity index (χ4v) is 1.53. The highest BCUT2D eigenvalue weighted by Crippen LogP contribution is 2.21. The van der Waals surface area contributed by atoms with Crippen LogP contribution in [0.3, 0.4) is 0 Å². The van der Waals surface area contributed by atoms with Gasteiger partial charge in [-0.25, -0.2) is 0 Å². The number of rotatable bonds is 1. The van der Waals surface area contributed by atoms with Gasteiger partial charge in [-0.2, -0.15) is 0 Å². The molecule has 1 heterocycles. The Hall–Kier alpha value is -1.41. The summed E-state index contributed by atoms with van der Waals surface area (Å²) in [5.74, 6) is 0. The largest absolute Gasteiger partial charge is 0.324 e. The zero-order valence-electron chi connectivity index (χ0n) is 7.57. The van der Waals surface area contributed by atoms with Crippen molar-refractivity contribution in [2.45, 2.75) is 13.0 Å². The third-order valence-corrected chi connectivity index (χ3v) is 2.21. The highest BCUT2D eigenvalue weighted by atomic mass is 14.6. The molecule has 2 aromatic rings. The van der Waals surface area contributed by atoms with Crippen molar-refractivity contribution in [1.29, 1.82) is 0 Å². The van der Waals surface area contributed by atoms with Gasteiger partial charge < -0.3 is 5.73 Å². The number of pyridine rings is 1. The number of aromatic nitrogens is 1. The van der Waals surface area contributed by atoms with E-state index in [0.29, 0.717) is 0 Å². The summed E-state index contributed by atoms with van der Waals surface area (Å²) in [5.41, 5.74) is 7.01. The van der Waals surface area contributed by atoms with E-state index in [2.05, 4.69) is 17.1 Å². The summed E-state index contributed by atoms with van der Waals surface area (Å²) in [7, 11) is 0. The molecule has 0 saturated heterocycles. The van der Waals surface area contributed by atoms with E-state index in [1.54, 1.807) is 6.20 Å². The second-order valence-electron chi connectivity index (χ2n) is 3.23. The molecule has 0 radical (unpaired) electrons. The third kappa shape index (κ3) is 1.40. The van der Waals surface area contributed by atoms with Crippen molar-refractivity contribution in [3.05, 3.63) is 42.2 Å². The maximum atomic E-state index is 5.85. The van der Waals surface area contributed by atoms with Gasteiger partial charge in [0.25, 0.3) is 0 Å². The molecule has 1 aromatic carbocycles. The van der Waals surface area contributed by atoms with Gasteiger partial charge in [0.15, 0.2) is 0 Å². The number of nitrogens with two attached hydrogens (primary N) is 1. The lowest BCUT2D eigenvalue weighted by Crippen LogP contribution is -2.05. The minimum atomic E-state index is 0.0629. The molecule has 2 N–H and O–H groups in total. The number of fused-ring (bicyclic) bond motifs is 1. The molecular formula is C11H12N2. The molecule has 2 nitrogen and oxygen atoms in total. The normalized spacial score (nSPS) is 13.1. The molecule has 66 valence electrons. The average molecular weight is 172 g/mol. The van der Waals surface area contributed by atoms with Crippen LogP contribution in [-0.4, -0.2) is 4.98 Å². The Morgan fingerprint density at radius 1 is 1.31 bits per heavy atom. The van der Waals surface area contributed by atoms with Crippen LogP contribution in [0.5, 0.6) is 0 Å². The van der Waals surface area contributed by atoms with Crippen molar-refractivity contribution in [2.75, 3.05) is 0 Å². The van der Waals surface area contributed by atoms with E-state index in [-0.39, 0.29) is 6.04 Å². The second kappa shape index (κ2) is 3.15. The van der Waals surface area contributed by atoms with E-state index < -0.39 is 0 Å². The molecule has 0 amide bonds. The first kappa shape index (κ1) is 8.20. The summed E-state index contributed by atoms with van der Waals surface area (Å²) in [4.78, 5) is 4.10. The van der Waals surface area contributed by atoms with Crippen LogP contribution in [0.1, 0.15) is 18.5 Å². The molecule has 0 fully saturated rings. The van der Waals surface area contributed by atoms with Gasteiger partial charge in [-0.3, -0.25) is 4.98 Å². The zero-order chi connectivity index (χ0) is 9.26. The molecule has 2 heteroatoms. The molecule has 0 saturated carbocycles. The summed E-state index contributed by atoms with van der Waals surface area (Å²) < 4.78 is 0. The van der Waals surface area contributed by atoms with Gasteiger partial charge in [0.1, 0.15) is 0 Å². The molecule has 0 aliphatic carbocycles. The monoisotopic (exact) mass is 172 g/mol. The van der Waals surface area contributed by atoms with Crippen molar-refractivity contribution in [1.82, 2.24) is 4.98 Å².